The fourth-order valence-electron chi connectivity index (χ4n) is 3.79. The lowest BCUT2D eigenvalue weighted by Crippen LogP contribution is -2.47. The minimum Gasteiger partial charge on any atom is -0.497 e. The van der Waals surface area contributed by atoms with E-state index in [1.165, 1.54) is 6.42 Å². The molecule has 3 atom stereocenters. The first-order valence-corrected chi connectivity index (χ1v) is 10.2. The van der Waals surface area contributed by atoms with Gasteiger partial charge in [0, 0.05) is 18.8 Å². The summed E-state index contributed by atoms with van der Waals surface area (Å²) >= 11 is 0. The van der Waals surface area contributed by atoms with Crippen molar-refractivity contribution in [3.05, 3.63) is 48.2 Å². The molecule has 2 aliphatic heterocycles. The predicted octanol–water partition coefficient (Wildman–Crippen LogP) is 3.88. The lowest BCUT2D eigenvalue weighted by molar-refractivity contribution is 0.0992. The van der Waals surface area contributed by atoms with Gasteiger partial charge in [-0.1, -0.05) is 6.07 Å². The number of ether oxygens (including phenoxy) is 3. The standard InChI is InChI=1S/C22H28N4O3.HI/c1-3-23-22(26-19-12-18-9-10-20(19)28-18)25-14-15-4-11-21(24-13-15)29-17-7-5-16(27-2)6-8-17;/h4-8,11,13,18-20H,3,9-10,12,14H2,1-2H3,(H2,23,25,26);1H. The Morgan fingerprint density at radius 3 is 2.57 bits per heavy atom. The molecule has 2 aliphatic rings. The highest BCUT2D eigenvalue weighted by molar-refractivity contribution is 14.0. The third kappa shape index (κ3) is 5.75. The summed E-state index contributed by atoms with van der Waals surface area (Å²) in [6.07, 6.45) is 5.93. The van der Waals surface area contributed by atoms with E-state index < -0.39 is 0 Å². The Labute approximate surface area is 194 Å². The van der Waals surface area contributed by atoms with Crippen molar-refractivity contribution in [2.75, 3.05) is 13.7 Å². The highest BCUT2D eigenvalue weighted by atomic mass is 127. The largest absolute Gasteiger partial charge is 0.497 e. The normalized spacial score (nSPS) is 22.3. The summed E-state index contributed by atoms with van der Waals surface area (Å²) in [6.45, 7) is 3.44. The van der Waals surface area contributed by atoms with Crippen molar-refractivity contribution in [1.29, 1.82) is 0 Å². The molecule has 3 heterocycles. The molecule has 2 fully saturated rings. The SMILES string of the molecule is CCNC(=NCc1ccc(Oc2ccc(OC)cc2)nc1)NC1CC2CCC1O2.I. The van der Waals surface area contributed by atoms with Crippen molar-refractivity contribution in [1.82, 2.24) is 15.6 Å². The van der Waals surface area contributed by atoms with E-state index in [1.54, 1.807) is 13.3 Å². The van der Waals surface area contributed by atoms with Gasteiger partial charge in [-0.15, -0.1) is 24.0 Å². The highest BCUT2D eigenvalue weighted by Crippen LogP contribution is 2.34. The van der Waals surface area contributed by atoms with Crippen LogP contribution in [0.2, 0.25) is 0 Å². The molecule has 0 aliphatic carbocycles. The smallest absolute Gasteiger partial charge is 0.219 e. The van der Waals surface area contributed by atoms with Crippen LogP contribution in [0.4, 0.5) is 0 Å². The summed E-state index contributed by atoms with van der Waals surface area (Å²) in [5.74, 6) is 2.88. The molecule has 8 heteroatoms. The van der Waals surface area contributed by atoms with Crippen LogP contribution in [-0.4, -0.2) is 42.8 Å². The van der Waals surface area contributed by atoms with Crippen LogP contribution < -0.4 is 20.1 Å². The number of benzene rings is 1. The third-order valence-corrected chi connectivity index (χ3v) is 5.27. The minimum absolute atomic E-state index is 0. The van der Waals surface area contributed by atoms with Gasteiger partial charge in [-0.3, -0.25) is 0 Å². The van der Waals surface area contributed by atoms with Gasteiger partial charge in [0.15, 0.2) is 5.96 Å². The van der Waals surface area contributed by atoms with Crippen molar-refractivity contribution in [3.8, 4) is 17.4 Å². The molecule has 162 valence electrons. The second-order valence-electron chi connectivity index (χ2n) is 7.34. The number of rotatable bonds is 7. The summed E-state index contributed by atoms with van der Waals surface area (Å²) < 4.78 is 16.9. The molecular formula is C22H29IN4O3. The third-order valence-electron chi connectivity index (χ3n) is 5.27. The van der Waals surface area contributed by atoms with Crippen LogP contribution >= 0.6 is 24.0 Å². The average molecular weight is 524 g/mol. The number of aromatic nitrogens is 1. The maximum absolute atomic E-state index is 5.93. The zero-order valence-electron chi connectivity index (χ0n) is 17.3. The van der Waals surface area contributed by atoms with E-state index in [1.807, 2.05) is 36.4 Å². The number of methoxy groups -OCH3 is 1. The van der Waals surface area contributed by atoms with E-state index >= 15 is 0 Å². The minimum atomic E-state index is 0. The van der Waals surface area contributed by atoms with Gasteiger partial charge in [-0.2, -0.15) is 0 Å². The zero-order valence-corrected chi connectivity index (χ0v) is 19.7. The van der Waals surface area contributed by atoms with Crippen molar-refractivity contribution in [2.24, 2.45) is 4.99 Å². The summed E-state index contributed by atoms with van der Waals surface area (Å²) in [5.41, 5.74) is 1.02. The Hall–Kier alpha value is -2.07. The number of nitrogens with zero attached hydrogens (tertiary/aromatic N) is 2. The van der Waals surface area contributed by atoms with Gasteiger partial charge in [0.25, 0.3) is 0 Å². The molecule has 0 radical (unpaired) electrons. The number of fused-ring (bicyclic) bond motifs is 2. The topological polar surface area (TPSA) is 77.0 Å². The Morgan fingerprint density at radius 1 is 1.17 bits per heavy atom. The quantitative estimate of drug-likeness (QED) is 0.326. The second-order valence-corrected chi connectivity index (χ2v) is 7.34. The summed E-state index contributed by atoms with van der Waals surface area (Å²) in [6, 6.07) is 11.6. The number of hydrogen-bond acceptors (Lipinski definition) is 5. The molecule has 2 bridgehead atoms. The summed E-state index contributed by atoms with van der Waals surface area (Å²) in [5, 5.41) is 6.85. The molecule has 2 saturated heterocycles. The highest BCUT2D eigenvalue weighted by Gasteiger charge is 2.41. The van der Waals surface area contributed by atoms with Crippen LogP contribution in [0.15, 0.2) is 47.6 Å². The second kappa shape index (κ2) is 10.8. The number of aliphatic imine (C=N–C) groups is 1. The monoisotopic (exact) mass is 524 g/mol. The predicted molar refractivity (Wildman–Crippen MR) is 127 cm³/mol. The Morgan fingerprint density at radius 2 is 1.97 bits per heavy atom. The molecule has 7 nitrogen and oxygen atoms in total. The lowest BCUT2D eigenvalue weighted by Gasteiger charge is -2.22. The maximum Gasteiger partial charge on any atom is 0.219 e. The van der Waals surface area contributed by atoms with Crippen LogP contribution in [0.1, 0.15) is 31.7 Å². The summed E-state index contributed by atoms with van der Waals surface area (Å²) in [7, 11) is 1.64. The van der Waals surface area contributed by atoms with E-state index in [2.05, 4.69) is 22.5 Å². The molecule has 0 saturated carbocycles. The van der Waals surface area contributed by atoms with Gasteiger partial charge in [0.1, 0.15) is 11.5 Å². The summed E-state index contributed by atoms with van der Waals surface area (Å²) in [4.78, 5) is 9.10. The first-order valence-electron chi connectivity index (χ1n) is 10.2. The average Bonchev–Trinajstić information content (AvgIpc) is 3.37. The number of halogens is 1. The zero-order chi connectivity index (χ0) is 20.1. The Balaban J connectivity index is 0.00000256. The molecule has 2 N–H and O–H groups in total. The Kier molecular flexibility index (Phi) is 8.15. The van der Waals surface area contributed by atoms with Crippen LogP contribution in [-0.2, 0) is 11.3 Å². The number of guanidine groups is 1. The van der Waals surface area contributed by atoms with Crippen LogP contribution in [0.3, 0.4) is 0 Å². The fourth-order valence-corrected chi connectivity index (χ4v) is 3.79. The van der Waals surface area contributed by atoms with Crippen molar-refractivity contribution in [2.45, 2.75) is 51.0 Å². The van der Waals surface area contributed by atoms with Gasteiger partial charge >= 0.3 is 0 Å². The molecule has 1 aromatic heterocycles. The van der Waals surface area contributed by atoms with Crippen molar-refractivity contribution < 1.29 is 14.2 Å². The molecular weight excluding hydrogens is 495 g/mol. The Bertz CT molecular complexity index is 829. The van der Waals surface area contributed by atoms with Crippen LogP contribution in [0.5, 0.6) is 17.4 Å². The molecule has 4 rings (SSSR count). The van der Waals surface area contributed by atoms with Gasteiger partial charge in [-0.25, -0.2) is 9.98 Å². The molecule has 0 amide bonds. The van der Waals surface area contributed by atoms with Gasteiger partial charge in [0.2, 0.25) is 5.88 Å². The fraction of sp³-hybridized carbons (Fsp3) is 0.455. The first kappa shape index (κ1) is 22.6. The molecule has 30 heavy (non-hydrogen) atoms. The van der Waals surface area contributed by atoms with E-state index in [-0.39, 0.29) is 24.0 Å². The molecule has 0 spiro atoms. The van der Waals surface area contributed by atoms with Gasteiger partial charge in [0.05, 0.1) is 31.9 Å². The molecule has 1 aromatic carbocycles. The lowest BCUT2D eigenvalue weighted by atomic mass is 9.96. The van der Waals surface area contributed by atoms with Crippen molar-refractivity contribution in [3.63, 3.8) is 0 Å². The van der Waals surface area contributed by atoms with Crippen molar-refractivity contribution >= 4 is 29.9 Å². The van der Waals surface area contributed by atoms with Crippen LogP contribution in [0, 0.1) is 0 Å². The number of pyridine rings is 1. The van der Waals surface area contributed by atoms with E-state index in [9.17, 15) is 0 Å². The molecule has 3 unspecified atom stereocenters. The van der Waals surface area contributed by atoms with E-state index in [0.29, 0.717) is 30.7 Å². The van der Waals surface area contributed by atoms with E-state index in [0.717, 1.165) is 42.4 Å². The van der Waals surface area contributed by atoms with Gasteiger partial charge < -0.3 is 24.8 Å². The van der Waals surface area contributed by atoms with E-state index in [4.69, 9.17) is 19.2 Å². The van der Waals surface area contributed by atoms with Crippen LogP contribution in [0.25, 0.3) is 0 Å². The number of nitrogens with one attached hydrogen (secondary N) is 2. The van der Waals surface area contributed by atoms with Gasteiger partial charge in [-0.05, 0) is 56.0 Å². The number of hydrogen-bond donors (Lipinski definition) is 2. The maximum atomic E-state index is 5.93. The first-order chi connectivity index (χ1) is 14.2. The molecule has 2 aromatic rings.